The van der Waals surface area contributed by atoms with Crippen LogP contribution in [0, 0.1) is 10.8 Å². The largest absolute Gasteiger partial charge is 0.481 e. The van der Waals surface area contributed by atoms with Gasteiger partial charge < -0.3 is 29.6 Å². The molecule has 2 rings (SSSR count). The molecule has 0 unspecified atom stereocenters. The van der Waals surface area contributed by atoms with Gasteiger partial charge in [0.15, 0.2) is 11.5 Å². The highest BCUT2D eigenvalue weighted by Gasteiger charge is 2.30. The van der Waals surface area contributed by atoms with Gasteiger partial charge in [-0.05, 0) is 48.0 Å². The molecule has 0 atom stereocenters. The molecule has 0 aliphatic heterocycles. The summed E-state index contributed by atoms with van der Waals surface area (Å²) in [7, 11) is -3.95. The highest BCUT2D eigenvalue weighted by atomic mass is 31.2. The Morgan fingerprint density at radius 2 is 1.30 bits per heavy atom. The Morgan fingerprint density at radius 3 is 1.78 bits per heavy atom. The molecule has 0 aliphatic rings. The van der Waals surface area contributed by atoms with E-state index in [1.54, 1.807) is 46.1 Å². The maximum absolute atomic E-state index is 13.1. The molecule has 16 heteroatoms. The molecule has 0 saturated heterocycles. The van der Waals surface area contributed by atoms with Gasteiger partial charge in [0.1, 0.15) is 18.2 Å². The van der Waals surface area contributed by atoms with Gasteiger partial charge in [0, 0.05) is 13.0 Å². The smallest absolute Gasteiger partial charge is 0.361 e. The van der Waals surface area contributed by atoms with E-state index in [1.165, 1.54) is 70.4 Å². The zero-order valence-corrected chi connectivity index (χ0v) is 32.0. The number of hydrogen-bond acceptors (Lipinski definition) is 13. The number of hydrogen-bond donors (Lipinski definition) is 2. The van der Waals surface area contributed by atoms with Crippen LogP contribution >= 0.6 is 7.60 Å². The Morgan fingerprint density at radius 1 is 0.800 bits per heavy atom. The number of carboxylic acid groups (broad SMARTS) is 1. The number of nitrogen functional groups attached to an aromatic ring is 1. The number of nitrogens with two attached hydrogens (primary N) is 1. The maximum Gasteiger partial charge on any atom is 0.361 e. The summed E-state index contributed by atoms with van der Waals surface area (Å²) in [6, 6.07) is 0. The van der Waals surface area contributed by atoms with Crippen molar-refractivity contribution >= 4 is 42.5 Å². The molecule has 286 valence electrons. The van der Waals surface area contributed by atoms with Crippen molar-refractivity contribution in [2.45, 2.75) is 132 Å². The number of imidazole rings is 1. The third-order valence-electron chi connectivity index (χ3n) is 7.25. The summed E-state index contributed by atoms with van der Waals surface area (Å²) in [6.07, 6.45) is 16.7. The molecule has 0 bridgehead atoms. The summed E-state index contributed by atoms with van der Waals surface area (Å²) < 4.78 is 40.7. The highest BCUT2D eigenvalue weighted by molar-refractivity contribution is 7.53. The Hall–Kier alpha value is -3.13. The molecular weight excluding hydrogens is 669 g/mol. The molecule has 0 amide bonds. The van der Waals surface area contributed by atoms with Crippen molar-refractivity contribution in [1.82, 2.24) is 19.5 Å². The monoisotopic (exact) mass is 729 g/mol. The Bertz CT molecular complexity index is 1300. The first-order valence-corrected chi connectivity index (χ1v) is 19.2. The van der Waals surface area contributed by atoms with Gasteiger partial charge in [0.05, 0.1) is 23.8 Å². The number of esters is 2. The molecule has 15 nitrogen and oxygen atoms in total. The Kier molecular flexibility index (Phi) is 21.0. The Balaban J connectivity index is 0.000000657. The van der Waals surface area contributed by atoms with Gasteiger partial charge in [-0.15, -0.1) is 0 Å². The van der Waals surface area contributed by atoms with E-state index in [-0.39, 0.29) is 12.4 Å². The average Bonchev–Trinajstić information content (AvgIpc) is 3.45. The third-order valence-corrected chi connectivity index (χ3v) is 8.75. The predicted octanol–water partition coefficient (Wildman–Crippen LogP) is 7.47. The number of ether oxygens (including phenoxy) is 3. The highest BCUT2D eigenvalue weighted by Crippen LogP contribution is 2.48. The molecule has 0 radical (unpaired) electrons. The minimum atomic E-state index is -3.95. The van der Waals surface area contributed by atoms with Crippen molar-refractivity contribution in [1.29, 1.82) is 0 Å². The lowest BCUT2D eigenvalue weighted by molar-refractivity contribution is -0.162. The fourth-order valence-electron chi connectivity index (χ4n) is 4.21. The fraction of sp³-hybridized carbons (Fsp3) is 0.765. The molecule has 50 heavy (non-hydrogen) atoms. The fourth-order valence-corrected chi connectivity index (χ4v) is 5.21. The first kappa shape index (κ1) is 44.9. The summed E-state index contributed by atoms with van der Waals surface area (Å²) in [5, 5.41) is 8.46. The summed E-state index contributed by atoms with van der Waals surface area (Å²) in [5.41, 5.74) is 5.21. The summed E-state index contributed by atoms with van der Waals surface area (Å²) in [4.78, 5) is 46.3. The summed E-state index contributed by atoms with van der Waals surface area (Å²) in [5.74, 6) is -1.50. The van der Waals surface area contributed by atoms with Crippen molar-refractivity contribution in [3.63, 3.8) is 0 Å². The number of carbonyl (C=O) groups is 3. The van der Waals surface area contributed by atoms with Crippen LogP contribution in [0.3, 0.4) is 0 Å². The second-order valence-electron chi connectivity index (χ2n) is 14.1. The molecule has 2 heterocycles. The second kappa shape index (κ2) is 23.4. The van der Waals surface area contributed by atoms with Crippen molar-refractivity contribution in [2.24, 2.45) is 10.8 Å². The number of carbonyl (C=O) groups excluding carboxylic acids is 2. The first-order valence-electron chi connectivity index (χ1n) is 17.4. The number of aliphatic carboxylic acids is 1. The number of fused-ring (bicyclic) bond motifs is 1. The van der Waals surface area contributed by atoms with E-state index in [0.717, 1.165) is 12.8 Å². The SMILES string of the molecule is CC(C)(C)C(=O)OCOP(=O)(COCCn1cnc2c(N)ncnc21)OCOC(=O)C(C)(C)C.CCCCCCCCCCCCCC(=O)O. The van der Waals surface area contributed by atoms with E-state index in [9.17, 15) is 18.9 Å². The van der Waals surface area contributed by atoms with Crippen LogP contribution in [0.15, 0.2) is 12.7 Å². The number of carboxylic acids is 1. The van der Waals surface area contributed by atoms with Gasteiger partial charge >= 0.3 is 25.5 Å². The predicted molar refractivity (Wildman–Crippen MR) is 190 cm³/mol. The van der Waals surface area contributed by atoms with Crippen LogP contribution in [-0.4, -0.2) is 69.1 Å². The van der Waals surface area contributed by atoms with E-state index >= 15 is 0 Å². The number of aromatic nitrogens is 4. The summed E-state index contributed by atoms with van der Waals surface area (Å²) in [6.45, 7) is 11.4. The number of anilines is 1. The standard InChI is InChI=1S/C20H32N5O8P.C14H28O2/c1-19(2,3)17(26)30-11-32-34(28,33-12-31-18(27)20(4,5)6)13-29-8-7-25-10-24-14-15(21)22-9-23-16(14)25;1-2-3-4-5-6-7-8-9-10-11-12-13-14(15)16/h9-10H,7-8,11-13H2,1-6H3,(H2,21,22,23);2-13H2,1H3,(H,15,16). The number of nitrogens with zero attached hydrogens (tertiary/aromatic N) is 4. The molecule has 0 aromatic carbocycles. The quantitative estimate of drug-likeness (QED) is 0.0493. The van der Waals surface area contributed by atoms with Crippen LogP contribution in [0.2, 0.25) is 0 Å². The van der Waals surface area contributed by atoms with Crippen LogP contribution < -0.4 is 5.73 Å². The van der Waals surface area contributed by atoms with Crippen molar-refractivity contribution in [3.05, 3.63) is 12.7 Å². The van der Waals surface area contributed by atoms with Crippen LogP contribution in [-0.2, 0) is 48.8 Å². The van der Waals surface area contributed by atoms with E-state index in [2.05, 4.69) is 21.9 Å². The molecule has 0 aliphatic carbocycles. The maximum atomic E-state index is 13.1. The zero-order valence-electron chi connectivity index (χ0n) is 31.1. The molecule has 0 spiro atoms. The average molecular weight is 730 g/mol. The van der Waals surface area contributed by atoms with Gasteiger partial charge in [0.2, 0.25) is 13.6 Å². The number of unbranched alkanes of at least 4 members (excludes halogenated alkanes) is 10. The molecule has 0 fully saturated rings. The second-order valence-corrected chi connectivity index (χ2v) is 16.1. The van der Waals surface area contributed by atoms with Gasteiger partial charge in [-0.2, -0.15) is 0 Å². The van der Waals surface area contributed by atoms with Crippen LogP contribution in [0.4, 0.5) is 5.82 Å². The van der Waals surface area contributed by atoms with E-state index in [4.69, 9.17) is 34.1 Å². The number of rotatable bonds is 23. The van der Waals surface area contributed by atoms with Crippen molar-refractivity contribution in [3.8, 4) is 0 Å². The molecule has 2 aromatic rings. The van der Waals surface area contributed by atoms with E-state index < -0.39 is 56.3 Å². The first-order chi connectivity index (χ1) is 23.5. The van der Waals surface area contributed by atoms with Gasteiger partial charge in [0.25, 0.3) is 0 Å². The lowest BCUT2D eigenvalue weighted by atomic mass is 9.98. The van der Waals surface area contributed by atoms with Gasteiger partial charge in [-0.3, -0.25) is 28.0 Å². The van der Waals surface area contributed by atoms with Crippen LogP contribution in [0.25, 0.3) is 11.2 Å². The third kappa shape index (κ3) is 19.3. The minimum Gasteiger partial charge on any atom is -0.481 e. The van der Waals surface area contributed by atoms with Gasteiger partial charge in [-0.1, -0.05) is 71.1 Å². The topological polar surface area (TPSA) is 204 Å². The normalized spacial score (nSPS) is 12.0. The van der Waals surface area contributed by atoms with Crippen LogP contribution in [0.1, 0.15) is 126 Å². The molecule has 2 aromatic heterocycles. The van der Waals surface area contributed by atoms with E-state index in [1.807, 2.05) is 0 Å². The van der Waals surface area contributed by atoms with Gasteiger partial charge in [-0.25, -0.2) is 15.0 Å². The molecular formula is C34H60N5O10P. The van der Waals surface area contributed by atoms with Crippen molar-refractivity contribution < 1.29 is 47.3 Å². The minimum absolute atomic E-state index is 0.0929. The van der Waals surface area contributed by atoms with Crippen molar-refractivity contribution in [2.75, 3.05) is 32.3 Å². The van der Waals surface area contributed by atoms with Crippen LogP contribution in [0.5, 0.6) is 0 Å². The lowest BCUT2D eigenvalue weighted by Gasteiger charge is -2.22. The van der Waals surface area contributed by atoms with E-state index in [0.29, 0.717) is 24.1 Å². The lowest BCUT2D eigenvalue weighted by Crippen LogP contribution is -2.25. The molecule has 0 saturated carbocycles. The molecule has 3 N–H and O–H groups in total. The zero-order chi connectivity index (χ0) is 37.6. The summed E-state index contributed by atoms with van der Waals surface area (Å²) >= 11 is 0. The Labute approximate surface area is 296 Å².